The van der Waals surface area contributed by atoms with Crippen LogP contribution in [-0.4, -0.2) is 11.1 Å². The number of carbonyl (C=O) groups excluding carboxylic acids is 1. The van der Waals surface area contributed by atoms with Gasteiger partial charge in [0.1, 0.15) is 0 Å². The van der Waals surface area contributed by atoms with Gasteiger partial charge in [0.25, 0.3) is 0 Å². The first-order valence-electron chi connectivity index (χ1n) is 3.36. The number of benzene rings is 1. The molecule has 3 N–H and O–H groups in total. The normalized spacial score (nSPS) is 9.00. The van der Waals surface area contributed by atoms with Crippen molar-refractivity contribution >= 4 is 11.7 Å². The second kappa shape index (κ2) is 5.24. The smallest absolute Gasteiger partial charge is 0.545 e. The molecule has 0 saturated carbocycles. The number of nitrogen functional groups attached to an aromatic ring is 1. The molecular weight excluding hydrogens is 181 g/mol. The molecular formula is C8H8NNaO3. The Morgan fingerprint density at radius 2 is 2.15 bits per heavy atom. The Labute approximate surface area is 97.7 Å². The maximum atomic E-state index is 10.5. The standard InChI is InChI=1S/C8H9NO3.Na/c9-6-3-1-2-5(4-10)7(6)8(11)12;/h1-3,10H,4,9H2,(H,11,12);/q;+1/p-1. The molecule has 0 bridgehead atoms. The number of carbonyl (C=O) groups is 1. The number of aliphatic hydroxyl groups excluding tert-OH is 1. The van der Waals surface area contributed by atoms with Crippen molar-refractivity contribution in [1.29, 1.82) is 0 Å². The summed E-state index contributed by atoms with van der Waals surface area (Å²) >= 11 is 0. The molecule has 0 saturated heterocycles. The van der Waals surface area contributed by atoms with Gasteiger partial charge in [-0.25, -0.2) is 0 Å². The number of hydrogen-bond donors (Lipinski definition) is 2. The summed E-state index contributed by atoms with van der Waals surface area (Å²) in [5, 5.41) is 19.2. The molecule has 13 heavy (non-hydrogen) atoms. The molecule has 0 aromatic heterocycles. The van der Waals surface area contributed by atoms with E-state index < -0.39 is 5.97 Å². The summed E-state index contributed by atoms with van der Waals surface area (Å²) < 4.78 is 0. The summed E-state index contributed by atoms with van der Waals surface area (Å²) in [6, 6.07) is 4.51. The molecule has 5 heteroatoms. The van der Waals surface area contributed by atoms with Crippen LogP contribution in [-0.2, 0) is 6.61 Å². The number of carboxylic acid groups (broad SMARTS) is 1. The Hall–Kier alpha value is -0.550. The summed E-state index contributed by atoms with van der Waals surface area (Å²) in [6.07, 6.45) is 0. The summed E-state index contributed by atoms with van der Waals surface area (Å²) in [7, 11) is 0. The fourth-order valence-corrected chi connectivity index (χ4v) is 1.00. The third-order valence-electron chi connectivity index (χ3n) is 1.56. The molecule has 4 nitrogen and oxygen atoms in total. The van der Waals surface area contributed by atoms with Gasteiger partial charge in [0, 0.05) is 11.3 Å². The molecule has 0 atom stereocenters. The van der Waals surface area contributed by atoms with Crippen molar-refractivity contribution in [3.05, 3.63) is 29.3 Å². The van der Waals surface area contributed by atoms with Crippen LogP contribution in [0.15, 0.2) is 18.2 Å². The molecule has 0 fully saturated rings. The Morgan fingerprint density at radius 1 is 1.54 bits per heavy atom. The van der Waals surface area contributed by atoms with Gasteiger partial charge >= 0.3 is 29.6 Å². The van der Waals surface area contributed by atoms with E-state index >= 15 is 0 Å². The first kappa shape index (κ1) is 12.4. The largest absolute Gasteiger partial charge is 1.00 e. The van der Waals surface area contributed by atoms with E-state index in [0.717, 1.165) is 0 Å². The van der Waals surface area contributed by atoms with Crippen LogP contribution in [0, 0.1) is 0 Å². The number of carboxylic acids is 1. The van der Waals surface area contributed by atoms with Crippen LogP contribution < -0.4 is 40.4 Å². The van der Waals surface area contributed by atoms with E-state index in [1.54, 1.807) is 6.07 Å². The summed E-state index contributed by atoms with van der Waals surface area (Å²) in [6.45, 7) is -0.353. The van der Waals surface area contributed by atoms with Gasteiger partial charge in [-0.05, 0) is 11.6 Å². The second-order valence-corrected chi connectivity index (χ2v) is 2.33. The molecule has 1 aromatic rings. The van der Waals surface area contributed by atoms with Gasteiger partial charge in [0.05, 0.1) is 12.6 Å². The monoisotopic (exact) mass is 189 g/mol. The quantitative estimate of drug-likeness (QED) is 0.368. The van der Waals surface area contributed by atoms with E-state index in [4.69, 9.17) is 10.8 Å². The number of anilines is 1. The van der Waals surface area contributed by atoms with E-state index in [-0.39, 0.29) is 53.0 Å². The summed E-state index contributed by atoms with van der Waals surface area (Å²) in [5.41, 5.74) is 5.63. The Kier molecular flexibility index (Phi) is 5.02. The van der Waals surface area contributed by atoms with E-state index in [9.17, 15) is 9.90 Å². The minimum Gasteiger partial charge on any atom is -0.545 e. The van der Waals surface area contributed by atoms with Crippen LogP contribution in [0.4, 0.5) is 5.69 Å². The zero-order valence-corrected chi connectivity index (χ0v) is 9.28. The van der Waals surface area contributed by atoms with Gasteiger partial charge in [0.2, 0.25) is 0 Å². The van der Waals surface area contributed by atoms with Crippen LogP contribution in [0.1, 0.15) is 15.9 Å². The van der Waals surface area contributed by atoms with Crippen molar-refractivity contribution in [3.63, 3.8) is 0 Å². The van der Waals surface area contributed by atoms with Crippen LogP contribution in [0.3, 0.4) is 0 Å². The Balaban J connectivity index is 0.00000144. The van der Waals surface area contributed by atoms with Crippen molar-refractivity contribution in [2.24, 2.45) is 0 Å². The fraction of sp³-hybridized carbons (Fsp3) is 0.125. The zero-order valence-electron chi connectivity index (χ0n) is 7.28. The first-order chi connectivity index (χ1) is 5.66. The molecule has 0 spiro atoms. The molecule has 0 radical (unpaired) electrons. The maximum Gasteiger partial charge on any atom is 1.00 e. The minimum atomic E-state index is -1.36. The van der Waals surface area contributed by atoms with E-state index in [1.807, 2.05) is 0 Å². The third kappa shape index (κ3) is 2.70. The van der Waals surface area contributed by atoms with Crippen LogP contribution >= 0.6 is 0 Å². The molecule has 0 amide bonds. The van der Waals surface area contributed by atoms with Crippen molar-refractivity contribution < 1.29 is 44.6 Å². The Bertz CT molecular complexity index is 314. The van der Waals surface area contributed by atoms with Gasteiger partial charge in [0.15, 0.2) is 0 Å². The van der Waals surface area contributed by atoms with E-state index in [1.165, 1.54) is 12.1 Å². The Morgan fingerprint density at radius 3 is 2.54 bits per heavy atom. The molecule has 0 aliphatic rings. The predicted octanol–water partition coefficient (Wildman–Crippen LogP) is -3.87. The van der Waals surface area contributed by atoms with Crippen molar-refractivity contribution in [1.82, 2.24) is 0 Å². The van der Waals surface area contributed by atoms with Crippen molar-refractivity contribution in [3.8, 4) is 0 Å². The second-order valence-electron chi connectivity index (χ2n) is 2.33. The van der Waals surface area contributed by atoms with Gasteiger partial charge in [-0.2, -0.15) is 0 Å². The van der Waals surface area contributed by atoms with Gasteiger partial charge in [-0.3, -0.25) is 0 Å². The first-order valence-corrected chi connectivity index (χ1v) is 3.36. The van der Waals surface area contributed by atoms with Crippen molar-refractivity contribution in [2.75, 3.05) is 5.73 Å². The zero-order chi connectivity index (χ0) is 9.14. The van der Waals surface area contributed by atoms with Crippen LogP contribution in [0.25, 0.3) is 0 Å². The summed E-state index contributed by atoms with van der Waals surface area (Å²) in [5.74, 6) is -1.36. The molecule has 0 unspecified atom stereocenters. The number of rotatable bonds is 2. The van der Waals surface area contributed by atoms with E-state index in [0.29, 0.717) is 0 Å². The topological polar surface area (TPSA) is 86.4 Å². The predicted molar refractivity (Wildman–Crippen MR) is 41.1 cm³/mol. The minimum absolute atomic E-state index is 0. The number of aliphatic hydroxyl groups is 1. The maximum absolute atomic E-state index is 10.5. The molecule has 0 heterocycles. The van der Waals surface area contributed by atoms with Gasteiger partial charge in [-0.1, -0.05) is 12.1 Å². The molecule has 1 rings (SSSR count). The van der Waals surface area contributed by atoms with Gasteiger partial charge in [-0.15, -0.1) is 0 Å². The number of aromatic carboxylic acids is 1. The van der Waals surface area contributed by atoms with Crippen LogP contribution in [0.2, 0.25) is 0 Å². The fourth-order valence-electron chi connectivity index (χ4n) is 1.00. The average Bonchev–Trinajstić information content (AvgIpc) is 2.03. The molecule has 0 aliphatic heterocycles. The number of hydrogen-bond acceptors (Lipinski definition) is 4. The van der Waals surface area contributed by atoms with Gasteiger partial charge < -0.3 is 20.7 Å². The SMILES string of the molecule is Nc1cccc(CO)c1C(=O)[O-].[Na+]. The van der Waals surface area contributed by atoms with Crippen LogP contribution in [0.5, 0.6) is 0 Å². The van der Waals surface area contributed by atoms with Crippen molar-refractivity contribution in [2.45, 2.75) is 6.61 Å². The summed E-state index contributed by atoms with van der Waals surface area (Å²) in [4.78, 5) is 10.5. The van der Waals surface area contributed by atoms with E-state index in [2.05, 4.69) is 0 Å². The third-order valence-corrected chi connectivity index (χ3v) is 1.56. The molecule has 64 valence electrons. The molecule has 0 aliphatic carbocycles. The molecule has 1 aromatic carbocycles. The number of nitrogens with two attached hydrogens (primary N) is 1. The average molecular weight is 189 g/mol.